The number of rotatable bonds is 6. The second-order valence-electron chi connectivity index (χ2n) is 6.22. The summed E-state index contributed by atoms with van der Waals surface area (Å²) in [5, 5.41) is 0. The molecule has 3 rings (SSSR count). The van der Waals surface area contributed by atoms with E-state index in [1.54, 1.807) is 36.3 Å². The third-order valence-electron chi connectivity index (χ3n) is 4.26. The Balaban J connectivity index is 1.54. The van der Waals surface area contributed by atoms with Crippen molar-refractivity contribution in [1.82, 2.24) is 4.90 Å². The zero-order valence-corrected chi connectivity index (χ0v) is 14.2. The van der Waals surface area contributed by atoms with E-state index in [-0.39, 0.29) is 17.6 Å². The fourth-order valence-corrected chi connectivity index (χ4v) is 3.00. The molecule has 1 atom stereocenters. The molecule has 1 aliphatic rings. The second kappa shape index (κ2) is 8.16. The number of amides is 1. The van der Waals surface area contributed by atoms with Crippen LogP contribution in [0.4, 0.5) is 4.39 Å². The highest BCUT2D eigenvalue weighted by molar-refractivity contribution is 5.91. The second-order valence-corrected chi connectivity index (χ2v) is 6.22. The molecule has 0 radical (unpaired) electrons. The fourth-order valence-electron chi connectivity index (χ4n) is 3.00. The predicted molar refractivity (Wildman–Crippen MR) is 89.9 cm³/mol. The third kappa shape index (κ3) is 4.60. The zero-order chi connectivity index (χ0) is 17.6. The molecule has 0 bridgehead atoms. The molecule has 1 amide bonds. The topological polar surface area (TPSA) is 51.9 Å². The summed E-state index contributed by atoms with van der Waals surface area (Å²) in [4.78, 5) is 14.4. The molecular weight excluding hydrogens is 325 g/mol. The highest BCUT2D eigenvalue weighted by atomic mass is 19.1. The van der Waals surface area contributed by atoms with Crippen LogP contribution in [0.2, 0.25) is 0 Å². The molecule has 0 aliphatic carbocycles. The average Bonchev–Trinajstić information content (AvgIpc) is 3.10. The summed E-state index contributed by atoms with van der Waals surface area (Å²) < 4.78 is 29.2. The molecule has 1 aromatic heterocycles. The third-order valence-corrected chi connectivity index (χ3v) is 4.26. The molecule has 134 valence electrons. The standard InChI is InChI=1S/C19H22FNO4/c1-23-13-17-8-9-18(25-17)19(22)21-10-2-3-14(11-21)12-24-16-6-4-15(20)5-7-16/h4-9,14H,2-3,10-13H2,1H3/t14-/m0/s1. The van der Waals surface area contributed by atoms with Gasteiger partial charge in [0.05, 0.1) is 6.61 Å². The molecule has 1 aromatic carbocycles. The first kappa shape index (κ1) is 17.5. The lowest BCUT2D eigenvalue weighted by molar-refractivity contribution is 0.0596. The molecule has 2 heterocycles. The van der Waals surface area contributed by atoms with Gasteiger partial charge in [0.15, 0.2) is 5.76 Å². The highest BCUT2D eigenvalue weighted by Gasteiger charge is 2.26. The molecule has 1 fully saturated rings. The van der Waals surface area contributed by atoms with Crippen molar-refractivity contribution in [3.8, 4) is 5.75 Å². The van der Waals surface area contributed by atoms with Gasteiger partial charge in [-0.25, -0.2) is 4.39 Å². The van der Waals surface area contributed by atoms with E-state index in [1.807, 2.05) is 0 Å². The maximum Gasteiger partial charge on any atom is 0.289 e. The van der Waals surface area contributed by atoms with Gasteiger partial charge in [0.25, 0.3) is 5.91 Å². The van der Waals surface area contributed by atoms with Gasteiger partial charge in [-0.05, 0) is 49.2 Å². The molecule has 0 spiro atoms. The monoisotopic (exact) mass is 347 g/mol. The molecular formula is C19H22FNO4. The first-order chi connectivity index (χ1) is 12.2. The zero-order valence-electron chi connectivity index (χ0n) is 14.2. The van der Waals surface area contributed by atoms with Crippen molar-refractivity contribution in [3.63, 3.8) is 0 Å². The lowest BCUT2D eigenvalue weighted by atomic mass is 9.99. The van der Waals surface area contributed by atoms with E-state index in [1.165, 1.54) is 12.1 Å². The van der Waals surface area contributed by atoms with Crippen molar-refractivity contribution in [2.24, 2.45) is 5.92 Å². The van der Waals surface area contributed by atoms with E-state index >= 15 is 0 Å². The van der Waals surface area contributed by atoms with Gasteiger partial charge < -0.3 is 18.8 Å². The molecule has 0 N–H and O–H groups in total. The molecule has 1 saturated heterocycles. The Labute approximate surface area is 146 Å². The van der Waals surface area contributed by atoms with Gasteiger partial charge in [0.1, 0.15) is 23.9 Å². The summed E-state index contributed by atoms with van der Waals surface area (Å²) in [7, 11) is 1.58. The molecule has 2 aromatic rings. The van der Waals surface area contributed by atoms with Crippen LogP contribution in [0.25, 0.3) is 0 Å². The van der Waals surface area contributed by atoms with Crippen LogP contribution in [-0.2, 0) is 11.3 Å². The van der Waals surface area contributed by atoms with Gasteiger partial charge in [-0.2, -0.15) is 0 Å². The van der Waals surface area contributed by atoms with Gasteiger partial charge >= 0.3 is 0 Å². The quantitative estimate of drug-likeness (QED) is 0.803. The Morgan fingerprint density at radius 3 is 2.84 bits per heavy atom. The largest absolute Gasteiger partial charge is 0.493 e. The van der Waals surface area contributed by atoms with Gasteiger partial charge in [-0.3, -0.25) is 4.79 Å². The molecule has 5 nitrogen and oxygen atoms in total. The van der Waals surface area contributed by atoms with Gasteiger partial charge in [-0.1, -0.05) is 0 Å². The predicted octanol–water partition coefficient (Wildman–Crippen LogP) is 3.50. The minimum atomic E-state index is -0.284. The number of halogens is 1. The van der Waals surface area contributed by atoms with E-state index in [0.29, 0.717) is 43.6 Å². The van der Waals surface area contributed by atoms with Crippen LogP contribution in [0.5, 0.6) is 5.75 Å². The van der Waals surface area contributed by atoms with Crippen LogP contribution < -0.4 is 4.74 Å². The summed E-state index contributed by atoms with van der Waals surface area (Å²) in [6.45, 7) is 2.19. The van der Waals surface area contributed by atoms with Crippen molar-refractivity contribution >= 4 is 5.91 Å². The lowest BCUT2D eigenvalue weighted by Gasteiger charge is -2.32. The van der Waals surface area contributed by atoms with Crippen LogP contribution in [0, 0.1) is 11.7 Å². The number of carbonyl (C=O) groups excluding carboxylic acids is 1. The summed E-state index contributed by atoms with van der Waals surface area (Å²) in [5.74, 6) is 1.48. The Morgan fingerprint density at radius 1 is 1.28 bits per heavy atom. The minimum Gasteiger partial charge on any atom is -0.493 e. The number of piperidine rings is 1. The number of benzene rings is 1. The molecule has 25 heavy (non-hydrogen) atoms. The number of carbonyl (C=O) groups is 1. The Morgan fingerprint density at radius 2 is 2.08 bits per heavy atom. The summed E-state index contributed by atoms with van der Waals surface area (Å²) in [5.41, 5.74) is 0. The number of methoxy groups -OCH3 is 1. The maximum absolute atomic E-state index is 12.9. The fraction of sp³-hybridized carbons (Fsp3) is 0.421. The van der Waals surface area contributed by atoms with Crippen LogP contribution in [0.3, 0.4) is 0 Å². The van der Waals surface area contributed by atoms with Crippen LogP contribution in [0.1, 0.15) is 29.2 Å². The SMILES string of the molecule is COCc1ccc(C(=O)N2CCC[C@H](COc3ccc(F)cc3)C2)o1. The van der Waals surface area contributed by atoms with Crippen LogP contribution in [0.15, 0.2) is 40.8 Å². The first-order valence-corrected chi connectivity index (χ1v) is 8.41. The van der Waals surface area contributed by atoms with Crippen molar-refractivity contribution < 1.29 is 23.1 Å². The Bertz CT molecular complexity index is 698. The first-order valence-electron chi connectivity index (χ1n) is 8.41. The van der Waals surface area contributed by atoms with E-state index in [0.717, 1.165) is 12.8 Å². The Hall–Kier alpha value is -2.34. The van der Waals surface area contributed by atoms with Crippen LogP contribution >= 0.6 is 0 Å². The smallest absolute Gasteiger partial charge is 0.289 e. The minimum absolute atomic E-state index is 0.103. The molecule has 0 saturated carbocycles. The molecule has 6 heteroatoms. The molecule has 1 aliphatic heterocycles. The number of hydrogen-bond donors (Lipinski definition) is 0. The normalized spacial score (nSPS) is 17.5. The Kier molecular flexibility index (Phi) is 5.71. The van der Waals surface area contributed by atoms with E-state index < -0.39 is 0 Å². The number of nitrogens with zero attached hydrogens (tertiary/aromatic N) is 1. The van der Waals surface area contributed by atoms with Crippen molar-refractivity contribution in [2.45, 2.75) is 19.4 Å². The molecule has 0 unspecified atom stereocenters. The van der Waals surface area contributed by atoms with E-state index in [4.69, 9.17) is 13.9 Å². The summed E-state index contributed by atoms with van der Waals surface area (Å²) >= 11 is 0. The van der Waals surface area contributed by atoms with Crippen molar-refractivity contribution in [1.29, 1.82) is 0 Å². The van der Waals surface area contributed by atoms with Crippen molar-refractivity contribution in [3.05, 3.63) is 53.7 Å². The maximum atomic E-state index is 12.9. The van der Waals surface area contributed by atoms with Gasteiger partial charge in [0, 0.05) is 26.1 Å². The van der Waals surface area contributed by atoms with Crippen LogP contribution in [-0.4, -0.2) is 37.6 Å². The number of ether oxygens (including phenoxy) is 2. The number of hydrogen-bond acceptors (Lipinski definition) is 4. The average molecular weight is 347 g/mol. The van der Waals surface area contributed by atoms with E-state index in [9.17, 15) is 9.18 Å². The lowest BCUT2D eigenvalue weighted by Crippen LogP contribution is -2.41. The van der Waals surface area contributed by atoms with E-state index in [2.05, 4.69) is 0 Å². The summed E-state index contributed by atoms with van der Waals surface area (Å²) in [6, 6.07) is 9.43. The van der Waals surface area contributed by atoms with Gasteiger partial charge in [-0.15, -0.1) is 0 Å². The van der Waals surface area contributed by atoms with Gasteiger partial charge in [0.2, 0.25) is 0 Å². The van der Waals surface area contributed by atoms with Crippen molar-refractivity contribution in [2.75, 3.05) is 26.8 Å². The summed E-state index contributed by atoms with van der Waals surface area (Å²) in [6.07, 6.45) is 1.92. The highest BCUT2D eigenvalue weighted by Crippen LogP contribution is 2.21. The number of furan rings is 1. The number of likely N-dealkylation sites (tertiary alicyclic amines) is 1.